The summed E-state index contributed by atoms with van der Waals surface area (Å²) in [6.07, 6.45) is 0.660. The van der Waals surface area contributed by atoms with E-state index in [0.717, 1.165) is 0 Å². The highest BCUT2D eigenvalue weighted by atomic mass is 32.2. The Balaban J connectivity index is 1.56. The summed E-state index contributed by atoms with van der Waals surface area (Å²) >= 11 is -0.537. The van der Waals surface area contributed by atoms with Crippen LogP contribution in [0, 0.1) is 23.7 Å². The maximum Gasteiger partial charge on any atom is 0.354 e. The molecular formula is C11H11F2O7S-. The van der Waals surface area contributed by atoms with Gasteiger partial charge in [-0.25, -0.2) is 0 Å². The monoisotopic (exact) mass is 325 g/mol. The van der Waals surface area contributed by atoms with Crippen LogP contribution in [0.3, 0.4) is 0 Å². The third-order valence-electron chi connectivity index (χ3n) is 4.33. The molecule has 21 heavy (non-hydrogen) atoms. The summed E-state index contributed by atoms with van der Waals surface area (Å²) in [7, 11) is 0. The zero-order valence-corrected chi connectivity index (χ0v) is 11.3. The highest BCUT2D eigenvalue weighted by molar-refractivity contribution is 7.95. The third-order valence-corrected chi connectivity index (χ3v) is 4.81. The first-order valence-electron chi connectivity index (χ1n) is 6.32. The van der Waals surface area contributed by atoms with Gasteiger partial charge in [0, 0.05) is 5.92 Å². The summed E-state index contributed by atoms with van der Waals surface area (Å²) in [4.78, 5) is 23.5. The molecule has 118 valence electrons. The predicted molar refractivity (Wildman–Crippen MR) is 58.7 cm³/mol. The number of rotatable bonds is 6. The lowest BCUT2D eigenvalue weighted by Crippen LogP contribution is -2.36. The Morgan fingerprint density at radius 2 is 2.24 bits per heavy atom. The Morgan fingerprint density at radius 3 is 2.95 bits per heavy atom. The van der Waals surface area contributed by atoms with Gasteiger partial charge in [0.25, 0.3) is 0 Å². The van der Waals surface area contributed by atoms with Gasteiger partial charge in [-0.2, -0.15) is 13.1 Å². The molecule has 7 nitrogen and oxygen atoms in total. The van der Waals surface area contributed by atoms with Crippen molar-refractivity contribution in [3.8, 4) is 0 Å². The van der Waals surface area contributed by atoms with E-state index in [2.05, 4.69) is 14.1 Å². The molecule has 1 saturated heterocycles. The van der Waals surface area contributed by atoms with Crippen LogP contribution < -0.4 is 5.26 Å². The van der Waals surface area contributed by atoms with E-state index < -0.39 is 41.9 Å². The molecule has 0 amide bonds. The molecule has 0 N–H and O–H groups in total. The van der Waals surface area contributed by atoms with Gasteiger partial charge in [-0.05, 0) is 18.8 Å². The summed E-state index contributed by atoms with van der Waals surface area (Å²) in [6.45, 7) is -1.25. The van der Waals surface area contributed by atoms with Crippen LogP contribution in [0.2, 0.25) is 0 Å². The molecule has 0 spiro atoms. The lowest BCUT2D eigenvalue weighted by atomic mass is 9.82. The van der Waals surface area contributed by atoms with Crippen LogP contribution in [0.25, 0.3) is 0 Å². The molecule has 1 heterocycles. The zero-order valence-electron chi connectivity index (χ0n) is 10.5. The highest BCUT2D eigenvalue weighted by Crippen LogP contribution is 2.57. The molecule has 2 saturated carbocycles. The lowest BCUT2D eigenvalue weighted by Gasteiger charge is -2.24. The molecule has 0 aromatic rings. The van der Waals surface area contributed by atoms with E-state index >= 15 is 0 Å². The summed E-state index contributed by atoms with van der Waals surface area (Å²) in [5.74, 6) is -2.05. The standard InChI is InChI=1S/C11H12F2O7S/c12-11(13,21-20-19-16)3-17-10(15)7-4-1-5-6(2-4)9(14)18-8(5)7/h4-8,16H,1-3H2/p-1. The average molecular weight is 325 g/mol. The molecule has 5 unspecified atom stereocenters. The van der Waals surface area contributed by atoms with Crippen molar-refractivity contribution in [2.75, 3.05) is 6.61 Å². The van der Waals surface area contributed by atoms with Gasteiger partial charge in [0.2, 0.25) is 0 Å². The largest absolute Gasteiger partial charge is 0.691 e. The number of hydrogen-bond donors (Lipinski definition) is 0. The summed E-state index contributed by atoms with van der Waals surface area (Å²) in [5.41, 5.74) is 0. The number of esters is 2. The Kier molecular flexibility index (Phi) is 3.80. The molecule has 3 rings (SSSR count). The van der Waals surface area contributed by atoms with Crippen LogP contribution in [-0.2, 0) is 28.4 Å². The number of carbonyl (C=O) groups is 2. The van der Waals surface area contributed by atoms with Crippen LogP contribution in [0.5, 0.6) is 0 Å². The Bertz CT molecular complexity index is 460. The predicted octanol–water partition coefficient (Wildman–Crippen LogP) is 0.192. The van der Waals surface area contributed by atoms with E-state index in [1.807, 2.05) is 0 Å². The van der Waals surface area contributed by atoms with Crippen LogP contribution in [-0.4, -0.2) is 29.9 Å². The fourth-order valence-corrected chi connectivity index (χ4v) is 3.86. The second-order valence-corrected chi connectivity index (χ2v) is 6.29. The number of hydrogen-bond acceptors (Lipinski definition) is 8. The smallest absolute Gasteiger partial charge is 0.354 e. The van der Waals surface area contributed by atoms with Gasteiger partial charge in [0.15, 0.2) is 6.61 Å². The minimum atomic E-state index is -3.60. The topological polar surface area (TPSA) is 94.1 Å². The van der Waals surface area contributed by atoms with E-state index in [-0.39, 0.29) is 23.7 Å². The molecular weight excluding hydrogens is 314 g/mol. The highest BCUT2D eigenvalue weighted by Gasteiger charge is 2.64. The molecule has 3 aliphatic rings. The fraction of sp³-hybridized carbons (Fsp3) is 0.818. The molecule has 2 bridgehead atoms. The number of alkyl halides is 2. The molecule has 0 radical (unpaired) electrons. The van der Waals surface area contributed by atoms with Crippen molar-refractivity contribution in [3.63, 3.8) is 0 Å². The quantitative estimate of drug-likeness (QED) is 0.296. The van der Waals surface area contributed by atoms with Crippen molar-refractivity contribution in [2.45, 2.75) is 24.2 Å². The summed E-state index contributed by atoms with van der Waals surface area (Å²) < 4.78 is 39.6. The van der Waals surface area contributed by atoms with Gasteiger partial charge in [-0.1, -0.05) is 0 Å². The van der Waals surface area contributed by atoms with Crippen LogP contribution in [0.1, 0.15) is 12.8 Å². The van der Waals surface area contributed by atoms with Crippen LogP contribution in [0.4, 0.5) is 8.78 Å². The SMILES string of the molecule is O=C1OC2C3CC(CC13)C2C(=O)OCC(F)(F)SOO[O-]. The van der Waals surface area contributed by atoms with Gasteiger partial charge < -0.3 is 14.7 Å². The minimum absolute atomic E-state index is 0.00729. The van der Waals surface area contributed by atoms with E-state index in [0.29, 0.717) is 12.8 Å². The molecule has 0 aromatic carbocycles. The van der Waals surface area contributed by atoms with Gasteiger partial charge in [0.1, 0.15) is 18.1 Å². The summed E-state index contributed by atoms with van der Waals surface area (Å²) in [6, 6.07) is 0. The van der Waals surface area contributed by atoms with Crippen molar-refractivity contribution in [1.29, 1.82) is 0 Å². The second-order valence-electron chi connectivity index (χ2n) is 5.39. The van der Waals surface area contributed by atoms with E-state index in [1.165, 1.54) is 0 Å². The van der Waals surface area contributed by atoms with Crippen molar-refractivity contribution < 1.29 is 42.5 Å². The molecule has 5 atom stereocenters. The van der Waals surface area contributed by atoms with Crippen LogP contribution >= 0.6 is 12.0 Å². The first-order chi connectivity index (χ1) is 9.93. The summed E-state index contributed by atoms with van der Waals surface area (Å²) in [5, 5.41) is 8.70. The number of halogens is 2. The normalized spacial score (nSPS) is 36.9. The Morgan fingerprint density at radius 1 is 1.48 bits per heavy atom. The fourth-order valence-electron chi connectivity index (χ4n) is 3.62. The van der Waals surface area contributed by atoms with E-state index in [9.17, 15) is 23.6 Å². The van der Waals surface area contributed by atoms with Crippen molar-refractivity contribution in [1.82, 2.24) is 0 Å². The Hall–Kier alpha value is -0.970. The number of fused-ring (bicyclic) bond motifs is 1. The maximum atomic E-state index is 13.2. The zero-order chi connectivity index (χ0) is 15.2. The minimum Gasteiger partial charge on any atom is -0.691 e. The van der Waals surface area contributed by atoms with Crippen molar-refractivity contribution in [3.05, 3.63) is 0 Å². The second kappa shape index (κ2) is 5.34. The molecule has 2 aliphatic carbocycles. The first kappa shape index (κ1) is 14.9. The average Bonchev–Trinajstić information content (AvgIpc) is 3.05. The maximum absolute atomic E-state index is 13.2. The molecule has 3 fully saturated rings. The van der Waals surface area contributed by atoms with Gasteiger partial charge in [-0.3, -0.25) is 14.6 Å². The van der Waals surface area contributed by atoms with Gasteiger partial charge in [0.05, 0.1) is 11.8 Å². The van der Waals surface area contributed by atoms with Gasteiger partial charge in [-0.15, -0.1) is 0 Å². The lowest BCUT2D eigenvalue weighted by molar-refractivity contribution is -0.777. The number of carbonyl (C=O) groups excluding carboxylic acids is 2. The van der Waals surface area contributed by atoms with Crippen LogP contribution in [0.15, 0.2) is 0 Å². The third kappa shape index (κ3) is 2.60. The van der Waals surface area contributed by atoms with E-state index in [1.54, 1.807) is 0 Å². The molecule has 0 aromatic heterocycles. The van der Waals surface area contributed by atoms with E-state index in [4.69, 9.17) is 4.74 Å². The molecule has 1 aliphatic heterocycles. The first-order valence-corrected chi connectivity index (χ1v) is 7.06. The van der Waals surface area contributed by atoms with Gasteiger partial charge >= 0.3 is 17.2 Å². The van der Waals surface area contributed by atoms with Crippen molar-refractivity contribution >= 4 is 24.0 Å². The number of ether oxygens (including phenoxy) is 2. The van der Waals surface area contributed by atoms with Crippen molar-refractivity contribution in [2.24, 2.45) is 23.7 Å². The molecule has 10 heteroatoms. The Labute approximate surface area is 121 Å².